The minimum Gasteiger partial charge on any atom is -0.395 e. The summed E-state index contributed by atoms with van der Waals surface area (Å²) in [6, 6.07) is 15.5. The van der Waals surface area contributed by atoms with E-state index >= 15 is 0 Å². The number of halogens is 1. The normalized spacial score (nSPS) is 25.4. The molecule has 3 rings (SSSR count). The van der Waals surface area contributed by atoms with Gasteiger partial charge in [-0.1, -0.05) is 42.8 Å². The van der Waals surface area contributed by atoms with Crippen LogP contribution in [0.2, 0.25) is 5.02 Å². The standard InChI is InChI=1S/C19H18ClNO3S/c1-2-13-3-5-14(6-4-13)17-18(19(17,11-21)12-22)25(23,24)16-9-7-15(20)8-10-16/h3-10,17-18,22H,2,12H2,1H3/t17-,18+,19-/m1/s1. The van der Waals surface area contributed by atoms with Gasteiger partial charge in [-0.3, -0.25) is 0 Å². The summed E-state index contributed by atoms with van der Waals surface area (Å²) in [5.74, 6) is -0.547. The number of hydrogen-bond donors (Lipinski definition) is 1. The van der Waals surface area contributed by atoms with Gasteiger partial charge in [0.05, 0.1) is 22.8 Å². The molecule has 0 heterocycles. The summed E-state index contributed by atoms with van der Waals surface area (Å²) in [7, 11) is -3.77. The molecule has 0 spiro atoms. The van der Waals surface area contributed by atoms with E-state index in [9.17, 15) is 18.8 Å². The Bertz CT molecular complexity index is 917. The highest BCUT2D eigenvalue weighted by atomic mass is 35.5. The molecular formula is C19H18ClNO3S. The van der Waals surface area contributed by atoms with Crippen LogP contribution in [0, 0.1) is 16.7 Å². The van der Waals surface area contributed by atoms with E-state index in [0.717, 1.165) is 17.5 Å². The minimum atomic E-state index is -3.77. The third kappa shape index (κ3) is 2.85. The van der Waals surface area contributed by atoms with E-state index in [1.807, 2.05) is 31.2 Å². The van der Waals surface area contributed by atoms with Crippen molar-refractivity contribution in [2.45, 2.75) is 29.4 Å². The van der Waals surface area contributed by atoms with Gasteiger partial charge in [0.1, 0.15) is 5.41 Å². The SMILES string of the molecule is CCc1ccc([C@@H]2[C@H](S(=O)(=O)c3ccc(Cl)cc3)[C@]2(C#N)CO)cc1. The number of aryl methyl sites for hydroxylation is 1. The first kappa shape index (κ1) is 17.9. The van der Waals surface area contributed by atoms with Gasteiger partial charge in [0, 0.05) is 10.9 Å². The van der Waals surface area contributed by atoms with Crippen LogP contribution in [0.3, 0.4) is 0 Å². The molecule has 25 heavy (non-hydrogen) atoms. The third-order valence-electron chi connectivity index (χ3n) is 4.95. The van der Waals surface area contributed by atoms with E-state index in [1.165, 1.54) is 24.3 Å². The van der Waals surface area contributed by atoms with Crippen molar-refractivity contribution in [3.63, 3.8) is 0 Å². The van der Waals surface area contributed by atoms with E-state index in [-0.39, 0.29) is 4.90 Å². The van der Waals surface area contributed by atoms with Gasteiger partial charge < -0.3 is 5.11 Å². The fraction of sp³-hybridized carbons (Fsp3) is 0.316. The van der Waals surface area contributed by atoms with E-state index in [2.05, 4.69) is 6.07 Å². The van der Waals surface area contributed by atoms with Gasteiger partial charge in [0.2, 0.25) is 0 Å². The van der Waals surface area contributed by atoms with E-state index in [0.29, 0.717) is 5.02 Å². The average Bonchev–Trinajstić information content (AvgIpc) is 3.33. The predicted octanol–water partition coefficient (Wildman–Crippen LogP) is 3.34. The molecule has 1 fully saturated rings. The number of aliphatic hydroxyl groups excluding tert-OH is 1. The maximum atomic E-state index is 13.0. The molecule has 6 heteroatoms. The first-order chi connectivity index (χ1) is 11.9. The molecule has 0 bridgehead atoms. The largest absolute Gasteiger partial charge is 0.395 e. The molecule has 3 atom stereocenters. The minimum absolute atomic E-state index is 0.114. The zero-order valence-corrected chi connectivity index (χ0v) is 15.3. The lowest BCUT2D eigenvalue weighted by molar-refractivity contribution is 0.242. The summed E-state index contributed by atoms with van der Waals surface area (Å²) in [5.41, 5.74) is 0.579. The Kier molecular flexibility index (Phi) is 4.63. The van der Waals surface area contributed by atoms with Crippen molar-refractivity contribution in [2.24, 2.45) is 5.41 Å². The van der Waals surface area contributed by atoms with Crippen molar-refractivity contribution in [1.29, 1.82) is 5.26 Å². The monoisotopic (exact) mass is 375 g/mol. The van der Waals surface area contributed by atoms with Crippen LogP contribution in [0.15, 0.2) is 53.4 Å². The van der Waals surface area contributed by atoms with Gasteiger partial charge in [-0.05, 0) is 41.8 Å². The Morgan fingerprint density at radius 3 is 2.24 bits per heavy atom. The Morgan fingerprint density at radius 2 is 1.76 bits per heavy atom. The molecule has 2 aromatic carbocycles. The van der Waals surface area contributed by atoms with Crippen molar-refractivity contribution < 1.29 is 13.5 Å². The van der Waals surface area contributed by atoms with Crippen LogP contribution in [-0.2, 0) is 16.3 Å². The fourth-order valence-corrected chi connectivity index (χ4v) is 5.86. The molecule has 4 nitrogen and oxygen atoms in total. The fourth-order valence-electron chi connectivity index (χ4n) is 3.42. The number of nitriles is 1. The second kappa shape index (κ2) is 6.45. The summed E-state index contributed by atoms with van der Waals surface area (Å²) >= 11 is 5.83. The summed E-state index contributed by atoms with van der Waals surface area (Å²) < 4.78 is 26.1. The van der Waals surface area contributed by atoms with Gasteiger partial charge in [-0.25, -0.2) is 8.42 Å². The number of nitrogens with zero attached hydrogens (tertiary/aromatic N) is 1. The molecule has 2 aromatic rings. The lowest BCUT2D eigenvalue weighted by atomic mass is 10.00. The van der Waals surface area contributed by atoms with Crippen molar-refractivity contribution in [3.8, 4) is 6.07 Å². The predicted molar refractivity (Wildman–Crippen MR) is 96.1 cm³/mol. The molecule has 1 saturated carbocycles. The Morgan fingerprint density at radius 1 is 1.16 bits per heavy atom. The summed E-state index contributed by atoms with van der Waals surface area (Å²) in [6.07, 6.45) is 0.876. The van der Waals surface area contributed by atoms with E-state index in [1.54, 1.807) is 0 Å². The molecule has 130 valence electrons. The van der Waals surface area contributed by atoms with Gasteiger partial charge in [0.15, 0.2) is 9.84 Å². The zero-order valence-electron chi connectivity index (χ0n) is 13.7. The van der Waals surface area contributed by atoms with Gasteiger partial charge in [0.25, 0.3) is 0 Å². The molecule has 0 amide bonds. The molecule has 0 aliphatic heterocycles. The van der Waals surface area contributed by atoms with Crippen molar-refractivity contribution in [3.05, 3.63) is 64.7 Å². The smallest absolute Gasteiger partial charge is 0.183 e. The highest BCUT2D eigenvalue weighted by molar-refractivity contribution is 7.92. The number of rotatable bonds is 5. The lowest BCUT2D eigenvalue weighted by Crippen LogP contribution is -2.18. The van der Waals surface area contributed by atoms with Crippen LogP contribution in [-0.4, -0.2) is 25.4 Å². The lowest BCUT2D eigenvalue weighted by Gasteiger charge is -2.06. The molecule has 1 N–H and O–H groups in total. The summed E-state index contributed by atoms with van der Waals surface area (Å²) in [6.45, 7) is 1.54. The zero-order chi connectivity index (χ0) is 18.2. The number of benzene rings is 2. The molecule has 0 radical (unpaired) electrons. The van der Waals surface area contributed by atoms with E-state index < -0.39 is 33.0 Å². The molecule has 0 unspecified atom stereocenters. The van der Waals surface area contributed by atoms with Crippen LogP contribution in [0.5, 0.6) is 0 Å². The van der Waals surface area contributed by atoms with Crippen LogP contribution < -0.4 is 0 Å². The number of sulfone groups is 1. The maximum Gasteiger partial charge on any atom is 0.183 e. The van der Waals surface area contributed by atoms with Crippen molar-refractivity contribution >= 4 is 21.4 Å². The Balaban J connectivity index is 2.04. The molecule has 1 aliphatic rings. The van der Waals surface area contributed by atoms with Crippen molar-refractivity contribution in [2.75, 3.05) is 6.61 Å². The summed E-state index contributed by atoms with van der Waals surface area (Å²) in [4.78, 5) is 0.114. The van der Waals surface area contributed by atoms with E-state index in [4.69, 9.17) is 11.6 Å². The molecule has 1 aliphatic carbocycles. The Labute approximate surface area is 152 Å². The van der Waals surface area contributed by atoms with Gasteiger partial charge in [-0.2, -0.15) is 5.26 Å². The maximum absolute atomic E-state index is 13.0. The molecule has 0 saturated heterocycles. The second-order valence-electron chi connectivity index (χ2n) is 6.30. The first-order valence-electron chi connectivity index (χ1n) is 8.01. The quantitative estimate of drug-likeness (QED) is 0.869. The second-order valence-corrected chi connectivity index (χ2v) is 8.81. The van der Waals surface area contributed by atoms with Gasteiger partial charge >= 0.3 is 0 Å². The topological polar surface area (TPSA) is 78.2 Å². The first-order valence-corrected chi connectivity index (χ1v) is 9.93. The number of aliphatic hydroxyl groups is 1. The van der Waals surface area contributed by atoms with Crippen LogP contribution in [0.4, 0.5) is 0 Å². The molecule has 0 aromatic heterocycles. The highest BCUT2D eigenvalue weighted by Gasteiger charge is 2.72. The highest BCUT2D eigenvalue weighted by Crippen LogP contribution is 2.63. The van der Waals surface area contributed by atoms with Crippen LogP contribution in [0.25, 0.3) is 0 Å². The van der Waals surface area contributed by atoms with Crippen molar-refractivity contribution in [1.82, 2.24) is 0 Å². The van der Waals surface area contributed by atoms with Gasteiger partial charge in [-0.15, -0.1) is 0 Å². The third-order valence-corrected chi connectivity index (χ3v) is 7.49. The molecular weight excluding hydrogens is 358 g/mol. The Hall–Kier alpha value is -1.87. The average molecular weight is 376 g/mol. The number of hydrogen-bond acceptors (Lipinski definition) is 4. The summed E-state index contributed by atoms with van der Waals surface area (Å²) in [5, 5.41) is 18.9. The van der Waals surface area contributed by atoms with Crippen LogP contribution >= 0.6 is 11.6 Å². The van der Waals surface area contributed by atoms with Crippen LogP contribution in [0.1, 0.15) is 24.0 Å².